The minimum Gasteiger partial charge on any atom is -0.381 e. The number of hydrogen-bond donors (Lipinski definition) is 1. The van der Waals surface area contributed by atoms with Gasteiger partial charge >= 0.3 is 0 Å². The number of nitrogens with one attached hydrogen (secondary N) is 1. The third kappa shape index (κ3) is 4.44. The predicted molar refractivity (Wildman–Crippen MR) is 81.0 cm³/mol. The molecule has 1 aliphatic heterocycles. The van der Waals surface area contributed by atoms with Crippen molar-refractivity contribution >= 4 is 16.5 Å². The van der Waals surface area contributed by atoms with Crippen LogP contribution in [0.5, 0.6) is 0 Å². The Balaban J connectivity index is 1.92. The topological polar surface area (TPSA) is 37.4 Å². The van der Waals surface area contributed by atoms with Crippen LogP contribution in [0.4, 0.5) is 5.13 Å². The van der Waals surface area contributed by atoms with E-state index in [1.165, 1.54) is 0 Å². The van der Waals surface area contributed by atoms with Crippen LogP contribution in [-0.4, -0.2) is 36.8 Å². The van der Waals surface area contributed by atoms with Crippen LogP contribution >= 0.6 is 11.3 Å². The maximum absolute atomic E-state index is 5.41. The molecule has 108 valence electrons. The SMILES string of the molecule is CN(c1nc(CNC(C)(C)C)cs1)C1CCOCC1. The van der Waals surface area contributed by atoms with Crippen LogP contribution in [0.15, 0.2) is 5.38 Å². The van der Waals surface area contributed by atoms with Gasteiger partial charge in [0.1, 0.15) is 0 Å². The van der Waals surface area contributed by atoms with Crippen molar-refractivity contribution in [3.63, 3.8) is 0 Å². The van der Waals surface area contributed by atoms with Crippen molar-refractivity contribution < 1.29 is 4.74 Å². The minimum absolute atomic E-state index is 0.135. The maximum Gasteiger partial charge on any atom is 0.185 e. The molecule has 0 aromatic carbocycles. The van der Waals surface area contributed by atoms with Gasteiger partial charge in [-0.25, -0.2) is 4.98 Å². The Morgan fingerprint density at radius 1 is 1.42 bits per heavy atom. The third-order valence-electron chi connectivity index (χ3n) is 3.38. The van der Waals surface area contributed by atoms with Gasteiger partial charge in [-0.15, -0.1) is 11.3 Å². The number of ether oxygens (including phenoxy) is 1. The van der Waals surface area contributed by atoms with E-state index in [1.54, 1.807) is 11.3 Å². The lowest BCUT2D eigenvalue weighted by Crippen LogP contribution is -2.37. The summed E-state index contributed by atoms with van der Waals surface area (Å²) in [5, 5.41) is 6.76. The van der Waals surface area contributed by atoms with Gasteiger partial charge < -0.3 is 15.0 Å². The molecule has 1 N–H and O–H groups in total. The zero-order chi connectivity index (χ0) is 13.9. The Morgan fingerprint density at radius 2 is 2.11 bits per heavy atom. The molecule has 0 saturated carbocycles. The van der Waals surface area contributed by atoms with Crippen LogP contribution in [0.2, 0.25) is 0 Å². The van der Waals surface area contributed by atoms with Crippen LogP contribution in [0.1, 0.15) is 39.3 Å². The Labute approximate surface area is 120 Å². The molecule has 0 amide bonds. The molecule has 0 bridgehead atoms. The first-order valence-electron chi connectivity index (χ1n) is 6.96. The fourth-order valence-electron chi connectivity index (χ4n) is 2.12. The van der Waals surface area contributed by atoms with Crippen molar-refractivity contribution in [3.05, 3.63) is 11.1 Å². The highest BCUT2D eigenvalue weighted by atomic mass is 32.1. The lowest BCUT2D eigenvalue weighted by molar-refractivity contribution is 0.0855. The summed E-state index contributed by atoms with van der Waals surface area (Å²) in [7, 11) is 2.15. The summed E-state index contributed by atoms with van der Waals surface area (Å²) < 4.78 is 5.41. The van der Waals surface area contributed by atoms with Crippen LogP contribution in [-0.2, 0) is 11.3 Å². The molecular weight excluding hydrogens is 258 g/mol. The van der Waals surface area contributed by atoms with Crippen molar-refractivity contribution in [1.82, 2.24) is 10.3 Å². The van der Waals surface area contributed by atoms with Gasteiger partial charge in [0.05, 0.1) is 5.69 Å². The standard InChI is InChI=1S/C14H25N3OS/c1-14(2,3)15-9-11-10-19-13(16-11)17(4)12-5-7-18-8-6-12/h10,12,15H,5-9H2,1-4H3. The zero-order valence-corrected chi connectivity index (χ0v) is 13.2. The van der Waals surface area contributed by atoms with Crippen LogP contribution in [0.3, 0.4) is 0 Å². The zero-order valence-electron chi connectivity index (χ0n) is 12.4. The van der Waals surface area contributed by atoms with Crippen LogP contribution < -0.4 is 10.2 Å². The molecule has 2 rings (SSSR count). The molecule has 0 atom stereocenters. The normalized spacial score (nSPS) is 17.7. The van der Waals surface area contributed by atoms with E-state index in [-0.39, 0.29) is 5.54 Å². The first kappa shape index (κ1) is 14.8. The number of rotatable bonds is 4. The number of nitrogens with zero attached hydrogens (tertiary/aromatic N) is 2. The molecule has 0 aliphatic carbocycles. The number of hydrogen-bond acceptors (Lipinski definition) is 5. The van der Waals surface area contributed by atoms with Gasteiger partial charge in [-0.05, 0) is 33.6 Å². The summed E-state index contributed by atoms with van der Waals surface area (Å²) in [4.78, 5) is 7.04. The monoisotopic (exact) mass is 283 g/mol. The second-order valence-corrected chi connectivity index (χ2v) is 7.02. The number of anilines is 1. The summed E-state index contributed by atoms with van der Waals surface area (Å²) >= 11 is 1.74. The third-order valence-corrected chi connectivity index (χ3v) is 4.36. The summed E-state index contributed by atoms with van der Waals surface area (Å²) in [6, 6.07) is 0.573. The lowest BCUT2D eigenvalue weighted by atomic mass is 10.1. The van der Waals surface area contributed by atoms with Gasteiger partial charge in [0.15, 0.2) is 5.13 Å². The number of aromatic nitrogens is 1. The van der Waals surface area contributed by atoms with E-state index >= 15 is 0 Å². The van der Waals surface area contributed by atoms with E-state index in [9.17, 15) is 0 Å². The molecule has 0 radical (unpaired) electrons. The minimum atomic E-state index is 0.135. The van der Waals surface area contributed by atoms with Gasteiger partial charge in [-0.3, -0.25) is 0 Å². The van der Waals surface area contributed by atoms with E-state index in [2.05, 4.69) is 43.4 Å². The molecular formula is C14H25N3OS. The predicted octanol–water partition coefficient (Wildman–Crippen LogP) is 2.65. The average Bonchev–Trinajstić information content (AvgIpc) is 2.84. The summed E-state index contributed by atoms with van der Waals surface area (Å²) in [5.74, 6) is 0. The van der Waals surface area contributed by atoms with Gasteiger partial charge in [0.2, 0.25) is 0 Å². The van der Waals surface area contributed by atoms with Crippen LogP contribution in [0.25, 0.3) is 0 Å². The molecule has 1 aromatic heterocycles. The van der Waals surface area contributed by atoms with Crippen LogP contribution in [0, 0.1) is 0 Å². The Kier molecular flexibility index (Phi) is 4.81. The second-order valence-electron chi connectivity index (χ2n) is 6.18. The van der Waals surface area contributed by atoms with Gasteiger partial charge in [-0.1, -0.05) is 0 Å². The molecule has 1 saturated heterocycles. The summed E-state index contributed by atoms with van der Waals surface area (Å²) in [5.41, 5.74) is 1.27. The highest BCUT2D eigenvalue weighted by Gasteiger charge is 2.21. The lowest BCUT2D eigenvalue weighted by Gasteiger charge is -2.30. The molecule has 0 unspecified atom stereocenters. The van der Waals surface area contributed by atoms with E-state index < -0.39 is 0 Å². The molecule has 1 fully saturated rings. The molecule has 1 aliphatic rings. The molecule has 4 nitrogen and oxygen atoms in total. The van der Waals surface area contributed by atoms with Crippen molar-refractivity contribution in [2.24, 2.45) is 0 Å². The van der Waals surface area contributed by atoms with E-state index in [1.807, 2.05) is 0 Å². The Bertz CT molecular complexity index is 394. The van der Waals surface area contributed by atoms with E-state index in [0.717, 1.165) is 43.4 Å². The van der Waals surface area contributed by atoms with E-state index in [4.69, 9.17) is 9.72 Å². The number of thiazole rings is 1. The first-order valence-corrected chi connectivity index (χ1v) is 7.84. The fraction of sp³-hybridized carbons (Fsp3) is 0.786. The van der Waals surface area contributed by atoms with Crippen molar-refractivity contribution in [1.29, 1.82) is 0 Å². The largest absolute Gasteiger partial charge is 0.381 e. The maximum atomic E-state index is 5.41. The Hall–Kier alpha value is -0.650. The van der Waals surface area contributed by atoms with Gasteiger partial charge in [0.25, 0.3) is 0 Å². The highest BCUT2D eigenvalue weighted by Crippen LogP contribution is 2.25. The molecule has 0 spiro atoms. The van der Waals surface area contributed by atoms with Crippen molar-refractivity contribution in [2.75, 3.05) is 25.2 Å². The van der Waals surface area contributed by atoms with Crippen molar-refractivity contribution in [3.8, 4) is 0 Å². The van der Waals surface area contributed by atoms with Crippen molar-refractivity contribution in [2.45, 2.75) is 51.7 Å². The van der Waals surface area contributed by atoms with E-state index in [0.29, 0.717) is 6.04 Å². The summed E-state index contributed by atoms with van der Waals surface area (Å²) in [6.45, 7) is 9.11. The smallest absolute Gasteiger partial charge is 0.185 e. The first-order chi connectivity index (χ1) is 8.96. The average molecular weight is 283 g/mol. The second kappa shape index (κ2) is 6.20. The van der Waals surface area contributed by atoms with Gasteiger partial charge in [0, 0.05) is 43.8 Å². The van der Waals surface area contributed by atoms with Gasteiger partial charge in [-0.2, -0.15) is 0 Å². The Morgan fingerprint density at radius 3 is 2.74 bits per heavy atom. The fourth-order valence-corrected chi connectivity index (χ4v) is 2.99. The molecule has 2 heterocycles. The molecule has 1 aromatic rings. The highest BCUT2D eigenvalue weighted by molar-refractivity contribution is 7.13. The molecule has 5 heteroatoms. The quantitative estimate of drug-likeness (QED) is 0.922. The molecule has 19 heavy (non-hydrogen) atoms. The summed E-state index contributed by atoms with van der Waals surface area (Å²) in [6.07, 6.45) is 2.21.